The van der Waals surface area contributed by atoms with Crippen LogP contribution in [0.1, 0.15) is 51.4 Å². The summed E-state index contributed by atoms with van der Waals surface area (Å²) in [4.78, 5) is 14.2. The highest BCUT2D eigenvalue weighted by atomic mass is 35.5. The van der Waals surface area contributed by atoms with Crippen molar-refractivity contribution in [3.8, 4) is 0 Å². The maximum Gasteiger partial charge on any atom is 0.239 e. The molecule has 1 saturated heterocycles. The molecule has 1 atom stereocenters. The predicted octanol–water partition coefficient (Wildman–Crippen LogP) is 2.59. The standard InChI is InChI=1S/C14H26N2O.ClH/c1-16(11-12-7-3-2-4-8-12)14(17)13-9-5-6-10-15-13;/h12-13,15H,2-11H2,1H3;1H/t13-;/m0./s1. The number of nitrogens with one attached hydrogen (secondary N) is 1. The summed E-state index contributed by atoms with van der Waals surface area (Å²) >= 11 is 0. The van der Waals surface area contributed by atoms with Crippen molar-refractivity contribution in [2.45, 2.75) is 57.4 Å². The number of hydrogen-bond acceptors (Lipinski definition) is 2. The molecule has 0 aromatic carbocycles. The Bertz CT molecular complexity index is 248. The van der Waals surface area contributed by atoms with Crippen LogP contribution in [0, 0.1) is 5.92 Å². The van der Waals surface area contributed by atoms with Crippen molar-refractivity contribution < 1.29 is 4.79 Å². The van der Waals surface area contributed by atoms with Gasteiger partial charge < -0.3 is 10.2 Å². The van der Waals surface area contributed by atoms with E-state index in [4.69, 9.17) is 0 Å². The van der Waals surface area contributed by atoms with Gasteiger partial charge in [0.15, 0.2) is 0 Å². The number of likely N-dealkylation sites (N-methyl/N-ethyl adjacent to an activating group) is 1. The third-order valence-corrected chi connectivity index (χ3v) is 4.24. The number of carbonyl (C=O) groups excluding carboxylic acids is 1. The van der Waals surface area contributed by atoms with E-state index in [-0.39, 0.29) is 18.4 Å². The predicted molar refractivity (Wildman–Crippen MR) is 77.1 cm³/mol. The number of carbonyl (C=O) groups is 1. The zero-order valence-electron chi connectivity index (χ0n) is 11.5. The molecule has 0 radical (unpaired) electrons. The summed E-state index contributed by atoms with van der Waals surface area (Å²) < 4.78 is 0. The van der Waals surface area contributed by atoms with Gasteiger partial charge in [-0.25, -0.2) is 0 Å². The number of halogens is 1. The fraction of sp³-hybridized carbons (Fsp3) is 0.929. The van der Waals surface area contributed by atoms with Crippen molar-refractivity contribution in [2.24, 2.45) is 5.92 Å². The fourth-order valence-electron chi connectivity index (χ4n) is 3.18. The highest BCUT2D eigenvalue weighted by Crippen LogP contribution is 2.24. The Hall–Kier alpha value is -0.280. The second-order valence-electron chi connectivity index (χ2n) is 5.73. The largest absolute Gasteiger partial charge is 0.344 e. The minimum Gasteiger partial charge on any atom is -0.344 e. The molecule has 18 heavy (non-hydrogen) atoms. The van der Waals surface area contributed by atoms with Crippen LogP contribution >= 0.6 is 12.4 Å². The molecule has 1 saturated carbocycles. The van der Waals surface area contributed by atoms with E-state index < -0.39 is 0 Å². The lowest BCUT2D eigenvalue weighted by molar-refractivity contribution is -0.133. The first kappa shape index (κ1) is 15.8. The normalized spacial score (nSPS) is 25.3. The summed E-state index contributed by atoms with van der Waals surface area (Å²) in [5.74, 6) is 1.07. The van der Waals surface area contributed by atoms with Crippen molar-refractivity contribution in [3.05, 3.63) is 0 Å². The molecule has 1 amide bonds. The first-order valence-electron chi connectivity index (χ1n) is 7.26. The van der Waals surface area contributed by atoms with Gasteiger partial charge in [-0.1, -0.05) is 25.7 Å². The van der Waals surface area contributed by atoms with Crippen LogP contribution in [0.25, 0.3) is 0 Å². The Morgan fingerprint density at radius 2 is 1.78 bits per heavy atom. The lowest BCUT2D eigenvalue weighted by Crippen LogP contribution is -2.48. The summed E-state index contributed by atoms with van der Waals surface area (Å²) in [6, 6.07) is 0.0948. The van der Waals surface area contributed by atoms with E-state index in [0.29, 0.717) is 5.91 Å². The van der Waals surface area contributed by atoms with Crippen LogP contribution in [0.3, 0.4) is 0 Å². The van der Waals surface area contributed by atoms with Crippen LogP contribution in [0.4, 0.5) is 0 Å². The van der Waals surface area contributed by atoms with Gasteiger partial charge in [0.05, 0.1) is 6.04 Å². The minimum atomic E-state index is 0. The molecule has 2 rings (SSSR count). The first-order valence-corrected chi connectivity index (χ1v) is 7.26. The van der Waals surface area contributed by atoms with Gasteiger partial charge in [-0.15, -0.1) is 12.4 Å². The molecule has 0 unspecified atom stereocenters. The van der Waals surface area contributed by atoms with Gasteiger partial charge >= 0.3 is 0 Å². The highest BCUT2D eigenvalue weighted by Gasteiger charge is 2.25. The van der Waals surface area contributed by atoms with Crippen LogP contribution in [0.5, 0.6) is 0 Å². The van der Waals surface area contributed by atoms with Crippen molar-refractivity contribution in [1.82, 2.24) is 10.2 Å². The molecule has 0 spiro atoms. The zero-order valence-corrected chi connectivity index (χ0v) is 12.3. The van der Waals surface area contributed by atoms with Crippen molar-refractivity contribution in [1.29, 1.82) is 0 Å². The Labute approximate surface area is 117 Å². The lowest BCUT2D eigenvalue weighted by Gasteiger charge is -2.31. The third kappa shape index (κ3) is 4.43. The average molecular weight is 275 g/mol. The molecule has 2 fully saturated rings. The molecule has 3 nitrogen and oxygen atoms in total. The van der Waals surface area contributed by atoms with Crippen LogP contribution in [0.15, 0.2) is 0 Å². The van der Waals surface area contributed by atoms with Gasteiger partial charge in [0, 0.05) is 13.6 Å². The maximum absolute atomic E-state index is 12.2. The summed E-state index contributed by atoms with van der Waals surface area (Å²) in [6.45, 7) is 1.98. The topological polar surface area (TPSA) is 32.3 Å². The summed E-state index contributed by atoms with van der Waals surface area (Å²) in [5.41, 5.74) is 0. The maximum atomic E-state index is 12.2. The van der Waals surface area contributed by atoms with E-state index in [1.165, 1.54) is 44.9 Å². The monoisotopic (exact) mass is 274 g/mol. The van der Waals surface area contributed by atoms with E-state index in [1.807, 2.05) is 11.9 Å². The zero-order chi connectivity index (χ0) is 12.1. The number of rotatable bonds is 3. The SMILES string of the molecule is CN(CC1CCCCC1)C(=O)[C@@H]1CCCCN1.Cl. The number of nitrogens with zero attached hydrogens (tertiary/aromatic N) is 1. The van der Waals surface area contributed by atoms with Gasteiger partial charge in [-0.05, 0) is 38.1 Å². The van der Waals surface area contributed by atoms with Crippen LogP contribution in [-0.2, 0) is 4.79 Å². The second-order valence-corrected chi connectivity index (χ2v) is 5.73. The average Bonchev–Trinajstić information content (AvgIpc) is 2.40. The molecule has 106 valence electrons. The van der Waals surface area contributed by atoms with Gasteiger partial charge in [0.2, 0.25) is 5.91 Å². The number of hydrogen-bond donors (Lipinski definition) is 1. The van der Waals surface area contributed by atoms with Gasteiger partial charge in [-0.2, -0.15) is 0 Å². The molecule has 1 aliphatic carbocycles. The quantitative estimate of drug-likeness (QED) is 0.858. The van der Waals surface area contributed by atoms with Crippen molar-refractivity contribution in [3.63, 3.8) is 0 Å². The molecule has 1 heterocycles. The minimum absolute atomic E-state index is 0. The first-order chi connectivity index (χ1) is 8.27. The molecule has 1 aliphatic heterocycles. The molecule has 0 aromatic rings. The number of piperidine rings is 1. The van der Waals surface area contributed by atoms with Crippen molar-refractivity contribution in [2.75, 3.05) is 20.1 Å². The van der Waals surface area contributed by atoms with Crippen LogP contribution in [0.2, 0.25) is 0 Å². The van der Waals surface area contributed by atoms with E-state index >= 15 is 0 Å². The van der Waals surface area contributed by atoms with E-state index in [0.717, 1.165) is 25.4 Å². The van der Waals surface area contributed by atoms with Crippen LogP contribution < -0.4 is 5.32 Å². The summed E-state index contributed by atoms with van der Waals surface area (Å²) in [5, 5.41) is 3.35. The Kier molecular flexibility index (Phi) is 7.02. The van der Waals surface area contributed by atoms with Gasteiger partial charge in [-0.3, -0.25) is 4.79 Å². The fourth-order valence-corrected chi connectivity index (χ4v) is 3.18. The summed E-state index contributed by atoms with van der Waals surface area (Å²) in [7, 11) is 1.98. The molecule has 0 bridgehead atoms. The molecule has 4 heteroatoms. The summed E-state index contributed by atoms with van der Waals surface area (Å²) in [6.07, 6.45) is 10.2. The molecule has 2 aliphatic rings. The Balaban J connectivity index is 0.00000162. The second kappa shape index (κ2) is 8.00. The molecule has 0 aromatic heterocycles. The van der Waals surface area contributed by atoms with Gasteiger partial charge in [0.1, 0.15) is 0 Å². The Morgan fingerprint density at radius 3 is 2.39 bits per heavy atom. The van der Waals surface area contributed by atoms with E-state index in [9.17, 15) is 4.79 Å². The highest BCUT2D eigenvalue weighted by molar-refractivity contribution is 5.85. The van der Waals surface area contributed by atoms with E-state index in [1.54, 1.807) is 0 Å². The lowest BCUT2D eigenvalue weighted by atomic mass is 9.89. The smallest absolute Gasteiger partial charge is 0.239 e. The Morgan fingerprint density at radius 1 is 1.11 bits per heavy atom. The molecular formula is C14H27ClN2O. The van der Waals surface area contributed by atoms with Crippen LogP contribution in [-0.4, -0.2) is 37.0 Å². The van der Waals surface area contributed by atoms with Gasteiger partial charge in [0.25, 0.3) is 0 Å². The molecular weight excluding hydrogens is 248 g/mol. The van der Waals surface area contributed by atoms with Crippen molar-refractivity contribution >= 4 is 18.3 Å². The number of amides is 1. The van der Waals surface area contributed by atoms with E-state index in [2.05, 4.69) is 5.32 Å². The molecule has 1 N–H and O–H groups in total. The third-order valence-electron chi connectivity index (χ3n) is 4.24.